The highest BCUT2D eigenvalue weighted by molar-refractivity contribution is 7.80. The number of pyridine rings is 1. The molecule has 1 aromatic rings. The Balaban J connectivity index is 2.26. The first-order valence-corrected chi connectivity index (χ1v) is 5.00. The smallest absolute Gasteiger partial charge is 0.0768 e. The number of nitrogens with zero attached hydrogens (tertiary/aromatic N) is 1. The Labute approximate surface area is 89.7 Å². The first kappa shape index (κ1) is 11.1. The molecule has 1 unspecified atom stereocenters. The average Bonchev–Trinajstić information content (AvgIpc) is 2.19. The molecule has 4 heteroatoms. The maximum absolute atomic E-state index is 5.50. The van der Waals surface area contributed by atoms with Gasteiger partial charge < -0.3 is 11.1 Å². The van der Waals surface area contributed by atoms with Gasteiger partial charge in [-0.05, 0) is 17.7 Å². The summed E-state index contributed by atoms with van der Waals surface area (Å²) in [5, 5.41) is 3.29. The highest BCUT2D eigenvalue weighted by Gasteiger charge is 2.03. The Hall–Kier alpha value is -1.00. The fourth-order valence-corrected chi connectivity index (χ4v) is 1.12. The van der Waals surface area contributed by atoms with Crippen LogP contribution in [-0.2, 0) is 6.54 Å². The number of rotatable bonds is 5. The van der Waals surface area contributed by atoms with Crippen molar-refractivity contribution in [3.05, 3.63) is 30.1 Å². The van der Waals surface area contributed by atoms with E-state index in [1.54, 1.807) is 12.4 Å². The molecule has 0 saturated heterocycles. The number of nitrogens with one attached hydrogen (secondary N) is 1. The van der Waals surface area contributed by atoms with E-state index in [0.29, 0.717) is 4.99 Å². The minimum atomic E-state index is 0.242. The number of aromatic nitrogens is 1. The molecule has 0 spiro atoms. The summed E-state index contributed by atoms with van der Waals surface area (Å²) >= 11 is 4.88. The van der Waals surface area contributed by atoms with Crippen LogP contribution < -0.4 is 11.1 Å². The molecule has 0 aromatic carbocycles. The molecule has 14 heavy (non-hydrogen) atoms. The molecule has 0 amide bonds. The summed E-state index contributed by atoms with van der Waals surface area (Å²) < 4.78 is 0. The van der Waals surface area contributed by atoms with Crippen molar-refractivity contribution in [3.8, 4) is 0 Å². The summed E-state index contributed by atoms with van der Waals surface area (Å²) in [6, 6.07) is 3.97. The van der Waals surface area contributed by atoms with E-state index in [2.05, 4.69) is 10.3 Å². The quantitative estimate of drug-likeness (QED) is 0.713. The lowest BCUT2D eigenvalue weighted by atomic mass is 10.2. The third kappa shape index (κ3) is 3.81. The Morgan fingerprint density at radius 1 is 1.57 bits per heavy atom. The summed E-state index contributed by atoms with van der Waals surface area (Å²) in [7, 11) is 0. The van der Waals surface area contributed by atoms with Crippen LogP contribution in [-0.4, -0.2) is 16.5 Å². The highest BCUT2D eigenvalue weighted by Crippen LogP contribution is 1.97. The van der Waals surface area contributed by atoms with Gasteiger partial charge in [0.25, 0.3) is 0 Å². The predicted octanol–water partition coefficient (Wildman–Crippen LogP) is 1.09. The van der Waals surface area contributed by atoms with E-state index < -0.39 is 0 Å². The number of hydrogen-bond acceptors (Lipinski definition) is 3. The van der Waals surface area contributed by atoms with Crippen LogP contribution in [0.3, 0.4) is 0 Å². The molecule has 3 nitrogen and oxygen atoms in total. The molecule has 1 aromatic heterocycles. The van der Waals surface area contributed by atoms with E-state index in [9.17, 15) is 0 Å². The molecule has 0 saturated carbocycles. The van der Waals surface area contributed by atoms with Crippen LogP contribution >= 0.6 is 12.2 Å². The Kier molecular flexibility index (Phi) is 4.49. The van der Waals surface area contributed by atoms with Crippen molar-refractivity contribution in [1.29, 1.82) is 0 Å². The monoisotopic (exact) mass is 209 g/mol. The number of nitrogens with two attached hydrogens (primary N) is 1. The molecule has 1 rings (SSSR count). The molecule has 0 radical (unpaired) electrons. The SMILES string of the molecule is CC(CNCc1ccncc1)C(N)=S. The molecule has 0 aliphatic heterocycles. The van der Waals surface area contributed by atoms with Crippen LogP contribution in [0.1, 0.15) is 12.5 Å². The van der Waals surface area contributed by atoms with Gasteiger partial charge in [-0.2, -0.15) is 0 Å². The van der Waals surface area contributed by atoms with E-state index in [4.69, 9.17) is 18.0 Å². The van der Waals surface area contributed by atoms with Crippen molar-refractivity contribution < 1.29 is 0 Å². The summed E-state index contributed by atoms with van der Waals surface area (Å²) in [6.45, 7) is 3.66. The van der Waals surface area contributed by atoms with Crippen LogP contribution in [0.15, 0.2) is 24.5 Å². The third-order valence-corrected chi connectivity index (χ3v) is 2.42. The zero-order chi connectivity index (χ0) is 10.4. The van der Waals surface area contributed by atoms with Crippen LogP contribution in [0.5, 0.6) is 0 Å². The van der Waals surface area contributed by atoms with E-state index in [1.807, 2.05) is 19.1 Å². The second-order valence-corrected chi connectivity index (χ2v) is 3.76. The van der Waals surface area contributed by atoms with Gasteiger partial charge in [0.2, 0.25) is 0 Å². The predicted molar refractivity (Wildman–Crippen MR) is 61.9 cm³/mol. The Morgan fingerprint density at radius 2 is 2.21 bits per heavy atom. The van der Waals surface area contributed by atoms with Crippen molar-refractivity contribution in [2.24, 2.45) is 11.7 Å². The molecule has 3 N–H and O–H groups in total. The lowest BCUT2D eigenvalue weighted by Crippen LogP contribution is -2.29. The second kappa shape index (κ2) is 5.67. The minimum Gasteiger partial charge on any atom is -0.393 e. The van der Waals surface area contributed by atoms with Gasteiger partial charge in [-0.25, -0.2) is 0 Å². The zero-order valence-corrected chi connectivity index (χ0v) is 9.05. The normalized spacial score (nSPS) is 12.4. The summed E-state index contributed by atoms with van der Waals surface area (Å²) in [5.41, 5.74) is 6.71. The van der Waals surface area contributed by atoms with Gasteiger partial charge in [-0.1, -0.05) is 19.1 Å². The van der Waals surface area contributed by atoms with Crippen LogP contribution in [0.2, 0.25) is 0 Å². The van der Waals surface area contributed by atoms with Crippen molar-refractivity contribution in [2.45, 2.75) is 13.5 Å². The average molecular weight is 209 g/mol. The third-order valence-electron chi connectivity index (χ3n) is 2.01. The minimum absolute atomic E-state index is 0.242. The summed E-state index contributed by atoms with van der Waals surface area (Å²) in [5.74, 6) is 0.242. The topological polar surface area (TPSA) is 50.9 Å². The van der Waals surface area contributed by atoms with E-state index in [0.717, 1.165) is 13.1 Å². The van der Waals surface area contributed by atoms with Crippen molar-refractivity contribution in [1.82, 2.24) is 10.3 Å². The van der Waals surface area contributed by atoms with Crippen LogP contribution in [0.4, 0.5) is 0 Å². The second-order valence-electron chi connectivity index (χ2n) is 3.29. The zero-order valence-electron chi connectivity index (χ0n) is 8.23. The molecule has 1 atom stereocenters. The van der Waals surface area contributed by atoms with Crippen LogP contribution in [0.25, 0.3) is 0 Å². The van der Waals surface area contributed by atoms with Crippen molar-refractivity contribution in [2.75, 3.05) is 6.54 Å². The maximum Gasteiger partial charge on any atom is 0.0768 e. The first-order chi connectivity index (χ1) is 6.70. The molecule has 0 fully saturated rings. The standard InChI is InChI=1S/C10H15N3S/c1-8(10(11)14)6-13-7-9-2-4-12-5-3-9/h2-5,8,13H,6-7H2,1H3,(H2,11,14). The molecule has 76 valence electrons. The van der Waals surface area contributed by atoms with E-state index in [-0.39, 0.29) is 5.92 Å². The number of hydrogen-bond donors (Lipinski definition) is 2. The lowest BCUT2D eigenvalue weighted by molar-refractivity contribution is 0.616. The highest BCUT2D eigenvalue weighted by atomic mass is 32.1. The molecule has 0 bridgehead atoms. The number of thiocarbonyl (C=S) groups is 1. The maximum atomic E-state index is 5.50. The van der Waals surface area contributed by atoms with E-state index in [1.165, 1.54) is 5.56 Å². The molecular formula is C10H15N3S. The van der Waals surface area contributed by atoms with Gasteiger partial charge in [0.05, 0.1) is 4.99 Å². The first-order valence-electron chi connectivity index (χ1n) is 4.59. The van der Waals surface area contributed by atoms with Gasteiger partial charge in [0.15, 0.2) is 0 Å². The fraction of sp³-hybridized carbons (Fsp3) is 0.400. The van der Waals surface area contributed by atoms with Gasteiger partial charge in [0, 0.05) is 31.4 Å². The van der Waals surface area contributed by atoms with Gasteiger partial charge in [-0.15, -0.1) is 0 Å². The van der Waals surface area contributed by atoms with Gasteiger partial charge in [-0.3, -0.25) is 4.98 Å². The van der Waals surface area contributed by atoms with Crippen LogP contribution in [0, 0.1) is 5.92 Å². The van der Waals surface area contributed by atoms with Gasteiger partial charge >= 0.3 is 0 Å². The van der Waals surface area contributed by atoms with E-state index >= 15 is 0 Å². The Bertz CT molecular complexity index is 287. The Morgan fingerprint density at radius 3 is 2.79 bits per heavy atom. The fourth-order valence-electron chi connectivity index (χ4n) is 1.03. The summed E-state index contributed by atoms with van der Waals surface area (Å²) in [6.07, 6.45) is 3.57. The molecule has 0 aliphatic carbocycles. The molecule has 0 aliphatic rings. The van der Waals surface area contributed by atoms with Crippen molar-refractivity contribution >= 4 is 17.2 Å². The molecular weight excluding hydrogens is 194 g/mol. The van der Waals surface area contributed by atoms with Gasteiger partial charge in [0.1, 0.15) is 0 Å². The lowest BCUT2D eigenvalue weighted by Gasteiger charge is -2.10. The molecule has 1 heterocycles. The van der Waals surface area contributed by atoms with Crippen molar-refractivity contribution in [3.63, 3.8) is 0 Å². The summed E-state index contributed by atoms with van der Waals surface area (Å²) in [4.78, 5) is 4.51. The largest absolute Gasteiger partial charge is 0.393 e.